The molecule has 0 bridgehead atoms. The van der Waals surface area contributed by atoms with Crippen LogP contribution in [-0.2, 0) is 6.42 Å². The molecule has 0 radical (unpaired) electrons. The number of furan rings is 1. The molecule has 5 heteroatoms. The van der Waals surface area contributed by atoms with Crippen LogP contribution < -0.4 is 0 Å². The van der Waals surface area contributed by atoms with E-state index in [0.717, 1.165) is 50.6 Å². The van der Waals surface area contributed by atoms with Gasteiger partial charge in [0.15, 0.2) is 17.5 Å². The fraction of sp³-hybridized carbons (Fsp3) is 0.0377. The number of fused-ring (bicyclic) bond motifs is 9. The minimum Gasteiger partial charge on any atom is -0.455 e. The number of rotatable bonds is 5. The molecule has 3 heterocycles. The molecule has 0 saturated heterocycles. The van der Waals surface area contributed by atoms with Gasteiger partial charge in [-0.25, -0.2) is 15.0 Å². The second-order valence-corrected chi connectivity index (χ2v) is 16.1. The molecule has 0 saturated carbocycles. The Morgan fingerprint density at radius 2 is 1.10 bits per heavy atom. The van der Waals surface area contributed by atoms with Crippen LogP contribution >= 0.6 is 11.3 Å². The van der Waals surface area contributed by atoms with Gasteiger partial charge in [-0.05, 0) is 70.1 Å². The summed E-state index contributed by atoms with van der Waals surface area (Å²) in [6.07, 6.45) is 0.926. The Balaban J connectivity index is 0.951. The van der Waals surface area contributed by atoms with Crippen molar-refractivity contribution in [3.05, 3.63) is 199 Å². The average molecular weight is 760 g/mol. The lowest BCUT2D eigenvalue weighted by Crippen LogP contribution is -2.12. The molecule has 0 aliphatic heterocycles. The third kappa shape index (κ3) is 5.32. The highest BCUT2D eigenvalue weighted by molar-refractivity contribution is 7.26. The van der Waals surface area contributed by atoms with E-state index in [1.165, 1.54) is 53.6 Å². The molecular formula is C53H33N3OS. The van der Waals surface area contributed by atoms with E-state index < -0.39 is 0 Å². The van der Waals surface area contributed by atoms with Gasteiger partial charge < -0.3 is 4.42 Å². The van der Waals surface area contributed by atoms with Crippen LogP contribution in [0.25, 0.3) is 98.5 Å². The molecule has 0 N–H and O–H groups in total. The van der Waals surface area contributed by atoms with Gasteiger partial charge in [0.1, 0.15) is 11.2 Å². The first-order valence-electron chi connectivity index (χ1n) is 19.7. The van der Waals surface area contributed by atoms with E-state index in [2.05, 4.69) is 140 Å². The zero-order valence-corrected chi connectivity index (χ0v) is 32.1. The minimum absolute atomic E-state index is 0.223. The maximum atomic E-state index is 6.46. The average Bonchev–Trinajstić information content (AvgIpc) is 3.87. The molecule has 0 amide bonds. The maximum Gasteiger partial charge on any atom is 0.165 e. The molecule has 272 valence electrons. The molecule has 4 nitrogen and oxygen atoms in total. The van der Waals surface area contributed by atoms with Gasteiger partial charge in [0.05, 0.1) is 0 Å². The molecule has 0 spiro atoms. The van der Waals surface area contributed by atoms with Crippen LogP contribution in [0.1, 0.15) is 22.6 Å². The predicted molar refractivity (Wildman–Crippen MR) is 239 cm³/mol. The molecule has 1 aliphatic rings. The summed E-state index contributed by atoms with van der Waals surface area (Å²) in [4.78, 5) is 15.1. The first-order valence-corrected chi connectivity index (χ1v) is 20.5. The molecule has 1 aliphatic carbocycles. The minimum atomic E-state index is 0.223. The Morgan fingerprint density at radius 3 is 1.91 bits per heavy atom. The molecule has 0 fully saturated rings. The van der Waals surface area contributed by atoms with Crippen LogP contribution in [0.4, 0.5) is 0 Å². The molecular weight excluding hydrogens is 727 g/mol. The van der Waals surface area contributed by atoms with Gasteiger partial charge in [-0.3, -0.25) is 0 Å². The van der Waals surface area contributed by atoms with Crippen molar-refractivity contribution < 1.29 is 4.42 Å². The van der Waals surface area contributed by atoms with Gasteiger partial charge >= 0.3 is 0 Å². The summed E-state index contributed by atoms with van der Waals surface area (Å²) in [5.74, 6) is 2.24. The van der Waals surface area contributed by atoms with Crippen LogP contribution in [0.3, 0.4) is 0 Å². The second-order valence-electron chi connectivity index (χ2n) is 15.1. The van der Waals surface area contributed by atoms with E-state index in [4.69, 9.17) is 19.4 Å². The molecule has 1 atom stereocenters. The molecule has 12 rings (SSSR count). The highest BCUT2D eigenvalue weighted by Gasteiger charge is 2.27. The zero-order chi connectivity index (χ0) is 38.2. The highest BCUT2D eigenvalue weighted by Crippen LogP contribution is 2.47. The number of aromatic nitrogens is 3. The Bertz CT molecular complexity index is 3330. The number of nitrogens with zero attached hydrogens (tertiary/aromatic N) is 3. The molecule has 1 unspecified atom stereocenters. The van der Waals surface area contributed by atoms with Crippen molar-refractivity contribution in [2.75, 3.05) is 0 Å². The lowest BCUT2D eigenvalue weighted by molar-refractivity contribution is 0.670. The third-order valence-corrected chi connectivity index (χ3v) is 13.0. The maximum absolute atomic E-state index is 6.46. The fourth-order valence-electron chi connectivity index (χ4n) is 8.96. The Morgan fingerprint density at radius 1 is 0.448 bits per heavy atom. The molecule has 58 heavy (non-hydrogen) atoms. The normalized spacial score (nSPS) is 13.6. The van der Waals surface area contributed by atoms with Crippen LogP contribution in [0.2, 0.25) is 0 Å². The SMILES string of the molecule is c1ccc(-c2nc(-c3ccccc3)nc(-c3cccc4c3sc3ccc(C5Cc6ccc(-c7cccc8c7oc7ccccc78)cc6-c6ccccc65)cc34)n2)cc1. The number of hydrogen-bond acceptors (Lipinski definition) is 5. The van der Waals surface area contributed by atoms with Crippen molar-refractivity contribution in [1.29, 1.82) is 0 Å². The van der Waals surface area contributed by atoms with Crippen molar-refractivity contribution in [3.63, 3.8) is 0 Å². The van der Waals surface area contributed by atoms with E-state index >= 15 is 0 Å². The van der Waals surface area contributed by atoms with Crippen molar-refractivity contribution in [2.24, 2.45) is 0 Å². The lowest BCUT2D eigenvalue weighted by atomic mass is 9.75. The summed E-state index contributed by atoms with van der Waals surface area (Å²) in [6.45, 7) is 0. The summed E-state index contributed by atoms with van der Waals surface area (Å²) in [6, 6.07) is 64.7. The van der Waals surface area contributed by atoms with Crippen molar-refractivity contribution >= 4 is 53.4 Å². The third-order valence-electron chi connectivity index (χ3n) is 11.7. The molecule has 11 aromatic rings. The number of benzene rings is 8. The summed E-state index contributed by atoms with van der Waals surface area (Å²) >= 11 is 1.81. The Hall–Kier alpha value is -7.21. The van der Waals surface area contributed by atoms with E-state index in [9.17, 15) is 0 Å². The standard InChI is InChI=1S/C53H33N3OS/c1-3-13-32(14-4-1)51-54-52(33-15-5-2-6-16-33)56-53(55-51)43-23-12-22-42-46-31-36(27-28-48(46)58-50(42)43)45-30-35-26-25-34(29-44(35)38-17-7-8-18-39(38)45)37-20-11-21-41-40-19-9-10-24-47(40)57-49(37)41/h1-29,31,45H,30H2. The van der Waals surface area contributed by atoms with Crippen LogP contribution in [-0.4, -0.2) is 15.0 Å². The van der Waals surface area contributed by atoms with Crippen molar-refractivity contribution in [3.8, 4) is 56.4 Å². The Labute approximate surface area is 338 Å². The van der Waals surface area contributed by atoms with Gasteiger partial charge in [0, 0.05) is 59.1 Å². The second kappa shape index (κ2) is 13.2. The van der Waals surface area contributed by atoms with Gasteiger partial charge in [-0.1, -0.05) is 152 Å². The number of para-hydroxylation sites is 2. The smallest absolute Gasteiger partial charge is 0.165 e. The van der Waals surface area contributed by atoms with Gasteiger partial charge in [-0.2, -0.15) is 0 Å². The highest BCUT2D eigenvalue weighted by atomic mass is 32.1. The monoisotopic (exact) mass is 759 g/mol. The Kier molecular flexibility index (Phi) is 7.50. The summed E-state index contributed by atoms with van der Waals surface area (Å²) in [5.41, 5.74) is 13.7. The van der Waals surface area contributed by atoms with Gasteiger partial charge in [0.2, 0.25) is 0 Å². The van der Waals surface area contributed by atoms with E-state index in [0.29, 0.717) is 17.5 Å². The van der Waals surface area contributed by atoms with Crippen molar-refractivity contribution in [1.82, 2.24) is 15.0 Å². The van der Waals surface area contributed by atoms with E-state index in [-0.39, 0.29) is 5.92 Å². The first kappa shape index (κ1) is 33.0. The van der Waals surface area contributed by atoms with E-state index in [1.54, 1.807) is 0 Å². The van der Waals surface area contributed by atoms with Crippen LogP contribution in [0, 0.1) is 0 Å². The van der Waals surface area contributed by atoms with E-state index in [1.807, 2.05) is 53.8 Å². The van der Waals surface area contributed by atoms with Crippen LogP contribution in [0.5, 0.6) is 0 Å². The van der Waals surface area contributed by atoms with Gasteiger partial charge in [0.25, 0.3) is 0 Å². The largest absolute Gasteiger partial charge is 0.455 e. The zero-order valence-electron chi connectivity index (χ0n) is 31.3. The molecule has 8 aromatic carbocycles. The quantitative estimate of drug-likeness (QED) is 0.175. The lowest BCUT2D eigenvalue weighted by Gasteiger charge is -2.29. The number of thiophene rings is 1. The predicted octanol–water partition coefficient (Wildman–Crippen LogP) is 14.2. The van der Waals surface area contributed by atoms with Crippen molar-refractivity contribution in [2.45, 2.75) is 12.3 Å². The number of hydrogen-bond donors (Lipinski definition) is 0. The summed E-state index contributed by atoms with van der Waals surface area (Å²) in [5, 5.41) is 4.78. The molecule has 3 aromatic heterocycles. The van der Waals surface area contributed by atoms with Crippen LogP contribution in [0.15, 0.2) is 186 Å². The topological polar surface area (TPSA) is 51.8 Å². The first-order chi connectivity index (χ1) is 28.7. The fourth-order valence-corrected chi connectivity index (χ4v) is 10.2. The summed E-state index contributed by atoms with van der Waals surface area (Å²) in [7, 11) is 0. The van der Waals surface area contributed by atoms with Gasteiger partial charge in [-0.15, -0.1) is 11.3 Å². The summed E-state index contributed by atoms with van der Waals surface area (Å²) < 4.78 is 8.89.